The molecule has 0 aliphatic rings. The Balaban J connectivity index is 0. The highest BCUT2D eigenvalue weighted by Crippen LogP contribution is 2.15. The molecule has 4 heteroatoms. The fourth-order valence-electron chi connectivity index (χ4n) is 0.528. The largest absolute Gasteiger partial charge is 0.287 e. The van der Waals surface area contributed by atoms with Gasteiger partial charge in [-0.3, -0.25) is 10.1 Å². The Morgan fingerprint density at radius 2 is 1.71 bits per heavy atom. The van der Waals surface area contributed by atoms with E-state index < -0.39 is 4.92 Å². The molecule has 0 aromatic rings. The first kappa shape index (κ1) is 15.1. The van der Waals surface area contributed by atoms with Gasteiger partial charge in [0.1, 0.15) is 5.03 Å². The number of nitrogens with zero attached hydrogens (tertiary/aromatic N) is 1. The van der Waals surface area contributed by atoms with Crippen LogP contribution in [0.2, 0.25) is 0 Å². The van der Waals surface area contributed by atoms with Crippen LogP contribution in [0.4, 0.5) is 0 Å². The predicted octanol–water partition coefficient (Wildman–Crippen LogP) is 3.67. The first-order chi connectivity index (χ1) is 6.63. The molecule has 14 heavy (non-hydrogen) atoms. The molecule has 0 aromatic heterocycles. The van der Waals surface area contributed by atoms with Crippen LogP contribution >= 0.6 is 11.6 Å². The Labute approximate surface area is 89.2 Å². The highest BCUT2D eigenvalue weighted by molar-refractivity contribution is 6.31. The summed E-state index contributed by atoms with van der Waals surface area (Å²) < 4.78 is 0. The van der Waals surface area contributed by atoms with E-state index >= 15 is 0 Å². The lowest BCUT2D eigenvalue weighted by Gasteiger charge is -1.92. The van der Waals surface area contributed by atoms with Gasteiger partial charge in [-0.15, -0.1) is 0 Å². The maximum Gasteiger partial charge on any atom is 0.287 e. The van der Waals surface area contributed by atoms with Crippen LogP contribution in [0.3, 0.4) is 0 Å². The summed E-state index contributed by atoms with van der Waals surface area (Å²) >= 11 is 5.55. The van der Waals surface area contributed by atoms with E-state index in [1.807, 2.05) is 13.8 Å². The van der Waals surface area contributed by atoms with Crippen molar-refractivity contribution in [1.29, 1.82) is 0 Å². The first-order valence-corrected chi connectivity index (χ1v) is 4.47. The highest BCUT2D eigenvalue weighted by Gasteiger charge is 2.12. The van der Waals surface area contributed by atoms with E-state index in [1.165, 1.54) is 24.3 Å². The maximum absolute atomic E-state index is 10.3. The van der Waals surface area contributed by atoms with Crippen LogP contribution in [0, 0.1) is 10.1 Å². The molecule has 3 nitrogen and oxygen atoms in total. The minimum Gasteiger partial charge on any atom is -0.258 e. The monoisotopic (exact) mass is 215 g/mol. The highest BCUT2D eigenvalue weighted by atomic mass is 35.5. The van der Waals surface area contributed by atoms with Crippen LogP contribution in [-0.2, 0) is 0 Å². The topological polar surface area (TPSA) is 43.1 Å². The van der Waals surface area contributed by atoms with E-state index in [-0.39, 0.29) is 10.7 Å². The molecule has 78 valence electrons. The Hall–Kier alpha value is -1.35. The Morgan fingerprint density at radius 1 is 1.29 bits per heavy atom. The van der Waals surface area contributed by atoms with E-state index in [0.29, 0.717) is 0 Å². The summed E-state index contributed by atoms with van der Waals surface area (Å²) in [4.78, 5) is 9.76. The van der Waals surface area contributed by atoms with Crippen LogP contribution in [0.5, 0.6) is 0 Å². The van der Waals surface area contributed by atoms with Gasteiger partial charge in [-0.2, -0.15) is 0 Å². The molecule has 0 rings (SSSR count). The summed E-state index contributed by atoms with van der Waals surface area (Å²) in [5, 5.41) is 10.4. The lowest BCUT2D eigenvalue weighted by atomic mass is 10.3. The van der Waals surface area contributed by atoms with Crippen LogP contribution in [-0.4, -0.2) is 4.92 Å². The Kier molecular flexibility index (Phi) is 10.5. The normalized spacial score (nSPS) is 11.1. The molecule has 0 fully saturated rings. The summed E-state index contributed by atoms with van der Waals surface area (Å²) in [6.45, 7) is 10.7. The molecule has 0 aliphatic carbocycles. The van der Waals surface area contributed by atoms with Gasteiger partial charge in [0.05, 0.1) is 4.92 Å². The Bertz CT molecular complexity index is 267. The average molecular weight is 216 g/mol. The molecule has 0 heterocycles. The zero-order valence-electron chi connectivity index (χ0n) is 8.37. The molecular weight excluding hydrogens is 202 g/mol. The van der Waals surface area contributed by atoms with Gasteiger partial charge in [0.2, 0.25) is 0 Å². The summed E-state index contributed by atoms with van der Waals surface area (Å²) in [6.07, 6.45) is 5.25. The van der Waals surface area contributed by atoms with E-state index in [0.717, 1.165) is 0 Å². The van der Waals surface area contributed by atoms with Gasteiger partial charge in [-0.1, -0.05) is 50.8 Å². The standard InChI is InChI=1S/C8H8ClNO2.C2H6/c1-3-5-7(9)8(6-4-2)10(11)12;1-2/h3-6H,1-2H2;1-2H3/b7-5+,8-6+;. The van der Waals surface area contributed by atoms with Crippen LogP contribution in [0.1, 0.15) is 13.8 Å². The number of halogens is 1. The van der Waals surface area contributed by atoms with Crippen molar-refractivity contribution >= 4 is 11.6 Å². The molecule has 0 spiro atoms. The van der Waals surface area contributed by atoms with Gasteiger partial charge in [0.25, 0.3) is 5.70 Å². The van der Waals surface area contributed by atoms with E-state index in [1.54, 1.807) is 0 Å². The van der Waals surface area contributed by atoms with Gasteiger partial charge in [0, 0.05) is 6.08 Å². The van der Waals surface area contributed by atoms with E-state index in [2.05, 4.69) is 13.2 Å². The molecule has 0 aliphatic heterocycles. The smallest absolute Gasteiger partial charge is 0.258 e. The molecular formula is C10H14ClNO2. The molecule has 0 saturated carbocycles. The minimum absolute atomic E-state index is 0.0369. The summed E-state index contributed by atoms with van der Waals surface area (Å²) in [5.74, 6) is 0. The second-order valence-electron chi connectivity index (χ2n) is 1.80. The van der Waals surface area contributed by atoms with Crippen molar-refractivity contribution in [2.45, 2.75) is 13.8 Å². The van der Waals surface area contributed by atoms with E-state index in [9.17, 15) is 10.1 Å². The van der Waals surface area contributed by atoms with Crippen molar-refractivity contribution in [2.75, 3.05) is 0 Å². The number of rotatable bonds is 4. The third kappa shape index (κ3) is 6.20. The third-order valence-corrected chi connectivity index (χ3v) is 1.30. The number of hydrogen-bond donors (Lipinski definition) is 0. The van der Waals surface area contributed by atoms with Crippen LogP contribution < -0.4 is 0 Å². The molecule has 0 atom stereocenters. The lowest BCUT2D eigenvalue weighted by Crippen LogP contribution is -1.97. The second-order valence-corrected chi connectivity index (χ2v) is 2.20. The number of nitro groups is 1. The summed E-state index contributed by atoms with van der Waals surface area (Å²) in [5.41, 5.74) is -0.188. The second kappa shape index (κ2) is 9.74. The minimum atomic E-state index is -0.579. The number of hydrogen-bond acceptors (Lipinski definition) is 2. The zero-order chi connectivity index (χ0) is 11.6. The Morgan fingerprint density at radius 3 is 2.00 bits per heavy atom. The quantitative estimate of drug-likeness (QED) is 0.408. The molecule has 0 radical (unpaired) electrons. The van der Waals surface area contributed by atoms with Gasteiger partial charge >= 0.3 is 0 Å². The van der Waals surface area contributed by atoms with Crippen molar-refractivity contribution in [3.05, 3.63) is 58.3 Å². The van der Waals surface area contributed by atoms with Crippen LogP contribution in [0.25, 0.3) is 0 Å². The van der Waals surface area contributed by atoms with Gasteiger partial charge in [-0.25, -0.2) is 0 Å². The fourth-order valence-corrected chi connectivity index (χ4v) is 0.749. The van der Waals surface area contributed by atoms with Gasteiger partial charge in [0.15, 0.2) is 0 Å². The number of allylic oxidation sites excluding steroid dienone is 5. The van der Waals surface area contributed by atoms with E-state index in [4.69, 9.17) is 11.6 Å². The van der Waals surface area contributed by atoms with Crippen molar-refractivity contribution < 1.29 is 4.92 Å². The molecule has 0 N–H and O–H groups in total. The van der Waals surface area contributed by atoms with Gasteiger partial charge < -0.3 is 0 Å². The lowest BCUT2D eigenvalue weighted by molar-refractivity contribution is -0.419. The third-order valence-electron chi connectivity index (χ3n) is 0.981. The van der Waals surface area contributed by atoms with Crippen LogP contribution in [0.15, 0.2) is 48.2 Å². The molecule has 0 amide bonds. The van der Waals surface area contributed by atoms with Crippen molar-refractivity contribution in [1.82, 2.24) is 0 Å². The molecule has 0 aromatic carbocycles. The maximum atomic E-state index is 10.3. The van der Waals surface area contributed by atoms with Crippen molar-refractivity contribution in [3.63, 3.8) is 0 Å². The van der Waals surface area contributed by atoms with Gasteiger partial charge in [-0.05, 0) is 6.08 Å². The fraction of sp³-hybridized carbons (Fsp3) is 0.200. The zero-order valence-corrected chi connectivity index (χ0v) is 9.12. The van der Waals surface area contributed by atoms with Crippen molar-refractivity contribution in [3.8, 4) is 0 Å². The molecule has 0 saturated heterocycles. The van der Waals surface area contributed by atoms with Crippen molar-refractivity contribution in [2.24, 2.45) is 0 Å². The summed E-state index contributed by atoms with van der Waals surface area (Å²) in [6, 6.07) is 0. The SMILES string of the molecule is C=C/C=C(Cl)\C(=C/C=C)[N+](=O)[O-].CC. The first-order valence-electron chi connectivity index (χ1n) is 4.09. The predicted molar refractivity (Wildman–Crippen MR) is 60.8 cm³/mol. The molecule has 0 bridgehead atoms. The molecule has 0 unspecified atom stereocenters. The summed E-state index contributed by atoms with van der Waals surface area (Å²) in [7, 11) is 0. The average Bonchev–Trinajstić information content (AvgIpc) is 2.17.